The molecule has 0 aliphatic carbocycles. The maximum atomic E-state index is 12.4. The first-order valence-corrected chi connectivity index (χ1v) is 6.19. The van der Waals surface area contributed by atoms with Gasteiger partial charge in [0, 0.05) is 19.2 Å². The number of likely N-dealkylation sites (N-methyl/N-ethyl adjacent to an activating group) is 1. The fourth-order valence-electron chi connectivity index (χ4n) is 2.60. The van der Waals surface area contributed by atoms with E-state index in [9.17, 15) is 4.79 Å². The first kappa shape index (κ1) is 13.1. The van der Waals surface area contributed by atoms with Crippen molar-refractivity contribution in [1.29, 1.82) is 0 Å². The second-order valence-electron chi connectivity index (χ2n) is 4.67. The molecular weight excluding hydrogens is 228 g/mol. The van der Waals surface area contributed by atoms with E-state index in [1.165, 1.54) is 0 Å². The molecule has 1 amide bonds. The summed E-state index contributed by atoms with van der Waals surface area (Å²) >= 11 is 0. The number of rotatable bonds is 4. The molecule has 4 heteroatoms. The Morgan fingerprint density at radius 2 is 2.00 bits per heavy atom. The Hall–Kier alpha value is -1.39. The van der Waals surface area contributed by atoms with Crippen LogP contribution < -0.4 is 10.2 Å². The normalized spacial score (nSPS) is 18.3. The molecule has 1 aliphatic rings. The summed E-state index contributed by atoms with van der Waals surface area (Å²) in [6.07, 6.45) is 0. The van der Waals surface area contributed by atoms with E-state index in [0.717, 1.165) is 22.4 Å². The first-order valence-electron chi connectivity index (χ1n) is 6.19. The molecule has 1 aromatic carbocycles. The molecule has 0 bridgehead atoms. The largest absolute Gasteiger partial charge is 0.383 e. The van der Waals surface area contributed by atoms with Crippen molar-refractivity contribution in [2.45, 2.75) is 19.9 Å². The topological polar surface area (TPSA) is 41.6 Å². The molecule has 0 saturated heterocycles. The minimum absolute atomic E-state index is 0.113. The lowest BCUT2D eigenvalue weighted by molar-refractivity contribution is -0.120. The highest BCUT2D eigenvalue weighted by Crippen LogP contribution is 2.40. The van der Waals surface area contributed by atoms with Gasteiger partial charge in [0.25, 0.3) is 0 Å². The zero-order valence-corrected chi connectivity index (χ0v) is 11.4. The van der Waals surface area contributed by atoms with Crippen LogP contribution in [0.2, 0.25) is 0 Å². The highest BCUT2D eigenvalue weighted by atomic mass is 16.5. The predicted octanol–water partition coefficient (Wildman–Crippen LogP) is 1.56. The lowest BCUT2D eigenvalue weighted by Crippen LogP contribution is -2.35. The second-order valence-corrected chi connectivity index (χ2v) is 4.67. The average Bonchev–Trinajstić information content (AvgIpc) is 2.65. The van der Waals surface area contributed by atoms with Gasteiger partial charge >= 0.3 is 0 Å². The molecule has 1 aromatic rings. The number of nitrogens with one attached hydrogen (secondary N) is 1. The zero-order valence-electron chi connectivity index (χ0n) is 11.4. The standard InChI is InChI=1S/C14H20N2O2/c1-9-5-6-10(2)13-11(9)12(15-3)14(17)16(13)7-8-18-4/h5-6,12,15H,7-8H2,1-4H3. The van der Waals surface area contributed by atoms with Gasteiger partial charge < -0.3 is 15.0 Å². The van der Waals surface area contributed by atoms with Crippen molar-refractivity contribution in [3.63, 3.8) is 0 Å². The number of hydrogen-bond donors (Lipinski definition) is 1. The lowest BCUT2D eigenvalue weighted by Gasteiger charge is -2.19. The number of hydrogen-bond acceptors (Lipinski definition) is 3. The molecule has 4 nitrogen and oxygen atoms in total. The van der Waals surface area contributed by atoms with Crippen LogP contribution in [0.15, 0.2) is 12.1 Å². The fraction of sp³-hybridized carbons (Fsp3) is 0.500. The monoisotopic (exact) mass is 248 g/mol. The van der Waals surface area contributed by atoms with Gasteiger partial charge in [-0.2, -0.15) is 0 Å². The molecule has 0 radical (unpaired) electrons. The van der Waals surface area contributed by atoms with Crippen molar-refractivity contribution >= 4 is 11.6 Å². The van der Waals surface area contributed by atoms with Crippen LogP contribution in [-0.4, -0.2) is 33.2 Å². The van der Waals surface area contributed by atoms with Crippen LogP contribution in [0.3, 0.4) is 0 Å². The Morgan fingerprint density at radius 3 is 2.61 bits per heavy atom. The number of aryl methyl sites for hydroxylation is 2. The summed E-state index contributed by atoms with van der Waals surface area (Å²) in [5.74, 6) is 0.113. The van der Waals surface area contributed by atoms with Gasteiger partial charge in [-0.15, -0.1) is 0 Å². The molecule has 98 valence electrons. The summed E-state index contributed by atoms with van der Waals surface area (Å²) in [5.41, 5.74) is 4.45. The molecule has 18 heavy (non-hydrogen) atoms. The summed E-state index contributed by atoms with van der Waals surface area (Å²) in [6, 6.07) is 3.92. The van der Waals surface area contributed by atoms with Gasteiger partial charge in [0.2, 0.25) is 5.91 Å². The number of nitrogens with zero attached hydrogens (tertiary/aromatic N) is 1. The van der Waals surface area contributed by atoms with Crippen molar-refractivity contribution in [3.8, 4) is 0 Å². The summed E-state index contributed by atoms with van der Waals surface area (Å²) in [4.78, 5) is 14.2. The van der Waals surface area contributed by atoms with Crippen molar-refractivity contribution in [2.75, 3.05) is 32.2 Å². The summed E-state index contributed by atoms with van der Waals surface area (Å²) in [7, 11) is 3.48. The van der Waals surface area contributed by atoms with Gasteiger partial charge in [-0.25, -0.2) is 0 Å². The predicted molar refractivity (Wildman–Crippen MR) is 71.9 cm³/mol. The quantitative estimate of drug-likeness (QED) is 0.879. The Balaban J connectivity index is 2.50. The van der Waals surface area contributed by atoms with Crippen LogP contribution in [-0.2, 0) is 9.53 Å². The number of methoxy groups -OCH3 is 1. The number of amides is 1. The lowest BCUT2D eigenvalue weighted by atomic mass is 9.99. The van der Waals surface area contributed by atoms with E-state index in [1.54, 1.807) is 7.11 Å². The minimum atomic E-state index is -0.225. The summed E-state index contributed by atoms with van der Waals surface area (Å²) in [5, 5.41) is 3.11. The van der Waals surface area contributed by atoms with Gasteiger partial charge in [-0.1, -0.05) is 12.1 Å². The van der Waals surface area contributed by atoms with Crippen LogP contribution in [0.4, 0.5) is 5.69 Å². The third-order valence-corrected chi connectivity index (χ3v) is 3.52. The van der Waals surface area contributed by atoms with E-state index in [0.29, 0.717) is 13.2 Å². The van der Waals surface area contributed by atoms with E-state index in [2.05, 4.69) is 24.4 Å². The second kappa shape index (κ2) is 5.08. The molecule has 0 fully saturated rings. The Morgan fingerprint density at radius 1 is 1.33 bits per heavy atom. The maximum absolute atomic E-state index is 12.4. The molecular formula is C14H20N2O2. The number of carbonyl (C=O) groups is 1. The number of ether oxygens (including phenoxy) is 1. The highest BCUT2D eigenvalue weighted by Gasteiger charge is 2.38. The smallest absolute Gasteiger partial charge is 0.248 e. The van der Waals surface area contributed by atoms with E-state index in [1.807, 2.05) is 18.9 Å². The molecule has 0 aromatic heterocycles. The van der Waals surface area contributed by atoms with Crippen LogP contribution in [0, 0.1) is 13.8 Å². The molecule has 0 spiro atoms. The number of benzene rings is 1. The van der Waals surface area contributed by atoms with Gasteiger partial charge in [-0.05, 0) is 32.0 Å². The molecule has 2 rings (SSSR count). The van der Waals surface area contributed by atoms with E-state index in [-0.39, 0.29) is 11.9 Å². The molecule has 0 saturated carbocycles. The van der Waals surface area contributed by atoms with Crippen molar-refractivity contribution in [1.82, 2.24) is 5.32 Å². The third kappa shape index (κ3) is 1.91. The summed E-state index contributed by atoms with van der Waals surface area (Å²) < 4.78 is 5.09. The molecule has 1 unspecified atom stereocenters. The van der Waals surface area contributed by atoms with Crippen LogP contribution in [0.25, 0.3) is 0 Å². The SMILES string of the molecule is CNC1C(=O)N(CCOC)c2c(C)ccc(C)c21. The molecule has 1 heterocycles. The van der Waals surface area contributed by atoms with Crippen LogP contribution in [0.5, 0.6) is 0 Å². The van der Waals surface area contributed by atoms with Gasteiger partial charge in [0.1, 0.15) is 6.04 Å². The Bertz CT molecular complexity index is 471. The average molecular weight is 248 g/mol. The van der Waals surface area contributed by atoms with E-state index < -0.39 is 0 Å². The van der Waals surface area contributed by atoms with Gasteiger partial charge in [-0.3, -0.25) is 4.79 Å². The zero-order chi connectivity index (χ0) is 13.3. The van der Waals surface area contributed by atoms with Gasteiger partial charge in [0.05, 0.1) is 12.3 Å². The van der Waals surface area contributed by atoms with Crippen molar-refractivity contribution < 1.29 is 9.53 Å². The number of fused-ring (bicyclic) bond motifs is 1. The summed E-state index contributed by atoms with van der Waals surface area (Å²) in [6.45, 7) is 5.25. The van der Waals surface area contributed by atoms with Gasteiger partial charge in [0.15, 0.2) is 0 Å². The first-order chi connectivity index (χ1) is 8.61. The van der Waals surface area contributed by atoms with Crippen molar-refractivity contribution in [3.05, 3.63) is 28.8 Å². The molecule has 1 aliphatic heterocycles. The minimum Gasteiger partial charge on any atom is -0.383 e. The Labute approximate surface area is 108 Å². The fourth-order valence-corrected chi connectivity index (χ4v) is 2.60. The highest BCUT2D eigenvalue weighted by molar-refractivity contribution is 6.05. The van der Waals surface area contributed by atoms with Crippen molar-refractivity contribution in [2.24, 2.45) is 0 Å². The number of anilines is 1. The number of carbonyl (C=O) groups excluding carboxylic acids is 1. The van der Waals surface area contributed by atoms with Crippen LogP contribution >= 0.6 is 0 Å². The van der Waals surface area contributed by atoms with Crippen LogP contribution in [0.1, 0.15) is 22.7 Å². The third-order valence-electron chi connectivity index (χ3n) is 3.52. The van der Waals surface area contributed by atoms with E-state index in [4.69, 9.17) is 4.74 Å². The van der Waals surface area contributed by atoms with E-state index >= 15 is 0 Å². The molecule has 1 N–H and O–H groups in total. The maximum Gasteiger partial charge on any atom is 0.248 e. The Kier molecular flexibility index (Phi) is 3.68. The molecule has 1 atom stereocenters.